The van der Waals surface area contributed by atoms with Crippen molar-refractivity contribution in [1.29, 1.82) is 0 Å². The van der Waals surface area contributed by atoms with Crippen LogP contribution < -0.4 is 27.0 Å². The van der Waals surface area contributed by atoms with Crippen molar-refractivity contribution in [3.05, 3.63) is 0 Å². The zero-order chi connectivity index (χ0) is 52.9. The zero-order valence-corrected chi connectivity index (χ0v) is 51.2. The minimum absolute atomic E-state index is 0.0569. The summed E-state index contributed by atoms with van der Waals surface area (Å²) < 4.78 is 0. The number of nitrogens with zero attached hydrogens (tertiary/aromatic N) is 1. The summed E-state index contributed by atoms with van der Waals surface area (Å²) in [5, 5.41) is 13.6. The normalized spacial score (nSPS) is 12.0. The standard InChI is InChI=1S/C63H130N6O2S2/c1-4-7-10-13-16-19-22-24-26-28-30-32-34-37-40-45-56-69(57-46-41-38-35-33-31-29-27-25-23-20-17-14-11-8-5-2)63(71)61(60-73-72-58-47-42-39-36-21-18-15-12-9-6-3)68-62(70)59-67-55-49-54-66-52-44-43-51-65-53-48-50-64/h61,65-67H,4-60,64H2,1-3H3,(H,68,70)/t61-/m0/s1. The molecule has 0 spiro atoms. The first-order valence-corrected chi connectivity index (χ1v) is 35.2. The highest BCUT2D eigenvalue weighted by molar-refractivity contribution is 8.76. The van der Waals surface area contributed by atoms with Gasteiger partial charge in [0.05, 0.1) is 6.54 Å². The SMILES string of the molecule is CCCCCCCCCCCCCCCCCCN(CCCCCCCCCCCCCCCCCC)C(=O)[C@H](CSSCCCCCCCCCCCC)NC(=O)CNCCCNCCCCNCCCN. The van der Waals surface area contributed by atoms with Gasteiger partial charge in [0, 0.05) is 24.6 Å². The van der Waals surface area contributed by atoms with Gasteiger partial charge in [-0.05, 0) is 84.2 Å². The fourth-order valence-corrected chi connectivity index (χ4v) is 12.3. The molecule has 0 heterocycles. The molecule has 2 amide bonds. The van der Waals surface area contributed by atoms with Gasteiger partial charge in [0.2, 0.25) is 11.8 Å². The highest BCUT2D eigenvalue weighted by Gasteiger charge is 2.26. The first-order valence-electron chi connectivity index (χ1n) is 32.7. The van der Waals surface area contributed by atoms with Gasteiger partial charge in [0.25, 0.3) is 0 Å². The molecule has 0 fully saturated rings. The van der Waals surface area contributed by atoms with Crippen molar-refractivity contribution in [2.75, 3.05) is 70.4 Å². The van der Waals surface area contributed by atoms with E-state index in [-0.39, 0.29) is 18.4 Å². The van der Waals surface area contributed by atoms with Crippen molar-refractivity contribution < 1.29 is 9.59 Å². The van der Waals surface area contributed by atoms with Crippen LogP contribution in [0.1, 0.15) is 316 Å². The van der Waals surface area contributed by atoms with Gasteiger partial charge >= 0.3 is 0 Å². The fraction of sp³-hybridized carbons (Fsp3) is 0.968. The number of carbonyl (C=O) groups is 2. The Hall–Kier alpha value is -0.520. The maximum Gasteiger partial charge on any atom is 0.246 e. The summed E-state index contributed by atoms with van der Waals surface area (Å²) in [6.07, 6.45) is 61.1. The number of unbranched alkanes of at least 4 members (excludes halogenated alkanes) is 40. The maximum atomic E-state index is 14.6. The second-order valence-corrected chi connectivity index (χ2v) is 24.8. The molecule has 0 aromatic rings. The lowest BCUT2D eigenvalue weighted by Crippen LogP contribution is -2.52. The summed E-state index contributed by atoms with van der Waals surface area (Å²) in [5.41, 5.74) is 5.58. The predicted molar refractivity (Wildman–Crippen MR) is 330 cm³/mol. The molecule has 10 heteroatoms. The zero-order valence-electron chi connectivity index (χ0n) is 49.5. The van der Waals surface area contributed by atoms with Gasteiger partial charge in [-0.25, -0.2) is 0 Å². The second kappa shape index (κ2) is 64.0. The summed E-state index contributed by atoms with van der Waals surface area (Å²) in [5.74, 6) is 1.83. The Morgan fingerprint density at radius 3 is 1.05 bits per heavy atom. The van der Waals surface area contributed by atoms with Gasteiger partial charge < -0.3 is 31.9 Å². The Balaban J connectivity index is 5.09. The summed E-state index contributed by atoms with van der Waals surface area (Å²) in [6.45, 7) is 14.3. The van der Waals surface area contributed by atoms with E-state index in [1.807, 2.05) is 10.8 Å². The van der Waals surface area contributed by atoms with Crippen molar-refractivity contribution in [3.63, 3.8) is 0 Å². The van der Waals surface area contributed by atoms with E-state index in [2.05, 4.69) is 46.9 Å². The fourth-order valence-electron chi connectivity index (χ4n) is 10.0. The first kappa shape index (κ1) is 72.5. The molecule has 0 bridgehead atoms. The molecule has 0 aliphatic rings. The van der Waals surface area contributed by atoms with Gasteiger partial charge in [0.1, 0.15) is 6.04 Å². The van der Waals surface area contributed by atoms with Crippen molar-refractivity contribution in [2.45, 2.75) is 322 Å². The van der Waals surface area contributed by atoms with E-state index in [0.717, 1.165) is 90.2 Å². The van der Waals surface area contributed by atoms with Crippen LogP contribution in [-0.4, -0.2) is 93.2 Å². The quantitative estimate of drug-likeness (QED) is 0.0303. The van der Waals surface area contributed by atoms with E-state index in [1.54, 1.807) is 10.8 Å². The van der Waals surface area contributed by atoms with Crippen LogP contribution in [-0.2, 0) is 9.59 Å². The van der Waals surface area contributed by atoms with E-state index < -0.39 is 6.04 Å². The Morgan fingerprint density at radius 2 is 0.685 bits per heavy atom. The lowest BCUT2D eigenvalue weighted by molar-refractivity contribution is -0.135. The van der Waals surface area contributed by atoms with E-state index in [4.69, 9.17) is 5.73 Å². The third-order valence-corrected chi connectivity index (χ3v) is 17.4. The maximum absolute atomic E-state index is 14.6. The lowest BCUT2D eigenvalue weighted by atomic mass is 10.0. The van der Waals surface area contributed by atoms with Crippen LogP contribution in [0.2, 0.25) is 0 Å². The summed E-state index contributed by atoms with van der Waals surface area (Å²) in [6, 6.07) is -0.479. The van der Waals surface area contributed by atoms with E-state index >= 15 is 0 Å². The second-order valence-electron chi connectivity index (χ2n) is 22.2. The molecule has 0 saturated heterocycles. The summed E-state index contributed by atoms with van der Waals surface area (Å²) >= 11 is 0. The van der Waals surface area contributed by atoms with Gasteiger partial charge in [-0.3, -0.25) is 9.59 Å². The van der Waals surface area contributed by atoms with Crippen LogP contribution in [0.5, 0.6) is 0 Å². The number of amides is 2. The van der Waals surface area contributed by atoms with Crippen LogP contribution in [0.25, 0.3) is 0 Å². The molecule has 0 unspecified atom stereocenters. The van der Waals surface area contributed by atoms with Crippen LogP contribution in [0.15, 0.2) is 0 Å². The monoisotopic (exact) mass is 1070 g/mol. The van der Waals surface area contributed by atoms with Crippen LogP contribution >= 0.6 is 21.6 Å². The van der Waals surface area contributed by atoms with Crippen LogP contribution in [0.4, 0.5) is 0 Å². The summed E-state index contributed by atoms with van der Waals surface area (Å²) in [7, 11) is 3.69. The van der Waals surface area contributed by atoms with Gasteiger partial charge in [0.15, 0.2) is 0 Å². The number of nitrogens with one attached hydrogen (secondary N) is 4. The van der Waals surface area contributed by atoms with E-state index in [9.17, 15) is 9.59 Å². The molecule has 8 nitrogen and oxygen atoms in total. The molecular weight excluding hydrogens is 937 g/mol. The van der Waals surface area contributed by atoms with Gasteiger partial charge in [-0.2, -0.15) is 0 Å². The number of rotatable bonds is 64. The molecule has 0 rings (SSSR count). The van der Waals surface area contributed by atoms with Crippen molar-refractivity contribution in [2.24, 2.45) is 5.73 Å². The molecule has 6 N–H and O–H groups in total. The molecular formula is C63H130N6O2S2. The van der Waals surface area contributed by atoms with Gasteiger partial charge in [-0.1, -0.05) is 293 Å². The third kappa shape index (κ3) is 57.5. The molecule has 0 aliphatic heterocycles. The van der Waals surface area contributed by atoms with Crippen molar-refractivity contribution >= 4 is 33.4 Å². The van der Waals surface area contributed by atoms with Crippen LogP contribution in [0, 0.1) is 0 Å². The molecule has 436 valence electrons. The number of carbonyl (C=O) groups excluding carboxylic acids is 2. The number of hydrogen-bond acceptors (Lipinski definition) is 8. The topological polar surface area (TPSA) is 112 Å². The Morgan fingerprint density at radius 1 is 0.370 bits per heavy atom. The minimum atomic E-state index is -0.479. The molecule has 0 aromatic carbocycles. The average Bonchev–Trinajstić information content (AvgIpc) is 3.39. The molecule has 0 aromatic heterocycles. The highest BCUT2D eigenvalue weighted by atomic mass is 33.1. The average molecular weight is 1070 g/mol. The lowest BCUT2D eigenvalue weighted by Gasteiger charge is -2.28. The summed E-state index contributed by atoms with van der Waals surface area (Å²) in [4.78, 5) is 30.2. The largest absolute Gasteiger partial charge is 0.342 e. The third-order valence-electron chi connectivity index (χ3n) is 14.9. The van der Waals surface area contributed by atoms with Crippen molar-refractivity contribution in [1.82, 2.24) is 26.2 Å². The Labute approximate surface area is 465 Å². The minimum Gasteiger partial charge on any atom is -0.342 e. The molecule has 1 atom stereocenters. The smallest absolute Gasteiger partial charge is 0.246 e. The highest BCUT2D eigenvalue weighted by Crippen LogP contribution is 2.25. The molecule has 0 aliphatic carbocycles. The van der Waals surface area contributed by atoms with Gasteiger partial charge in [-0.15, -0.1) is 0 Å². The Bertz CT molecular complexity index is 1040. The number of nitrogens with two attached hydrogens (primary N) is 1. The van der Waals surface area contributed by atoms with E-state index in [1.165, 1.54) is 263 Å². The first-order chi connectivity index (χ1) is 36.1. The molecule has 0 radical (unpaired) electrons. The van der Waals surface area contributed by atoms with E-state index in [0.29, 0.717) is 5.75 Å². The number of hydrogen-bond donors (Lipinski definition) is 5. The molecule has 0 saturated carbocycles. The molecule has 73 heavy (non-hydrogen) atoms. The van der Waals surface area contributed by atoms with Crippen molar-refractivity contribution in [3.8, 4) is 0 Å². The van der Waals surface area contributed by atoms with Crippen LogP contribution in [0.3, 0.4) is 0 Å². The predicted octanol–water partition coefficient (Wildman–Crippen LogP) is 17.4. The Kier molecular flexibility index (Phi) is 63.6.